The Labute approximate surface area is 336 Å². The van der Waals surface area contributed by atoms with Gasteiger partial charge in [-0.3, -0.25) is 33.3 Å². The predicted octanol–water partition coefficient (Wildman–Crippen LogP) is 3.17. The standard InChI is InChI=1S/C41H43FN8O9/c1-22(2)35(39(55)45-24(4)36(52)46-28-15-13-26(14-16-28)20-50-40(56)32(42)18-44-41(50)57)48-34(51)19-43-37(53)27-9-8-10-29(17-27)47-38(54)30-11-6-7-12-33(30)58-21-31-23(3)49-59-25(31)5/h6-18,22,24,35H,19-21H2,1-5H3,(H,43,53)(H,44,57)(H,45,55)(H,46,52)(H,47,54)(H,48,51)/t24-,35-/m0/s1. The number of para-hydroxylation sites is 1. The fourth-order valence-electron chi connectivity index (χ4n) is 5.72. The average Bonchev–Trinajstić information content (AvgIpc) is 3.54. The summed E-state index contributed by atoms with van der Waals surface area (Å²) in [6.07, 6.45) is 0.689. The third-order valence-electron chi connectivity index (χ3n) is 9.07. The predicted molar refractivity (Wildman–Crippen MR) is 213 cm³/mol. The van der Waals surface area contributed by atoms with E-state index in [1.807, 2.05) is 0 Å². The zero-order valence-electron chi connectivity index (χ0n) is 32.8. The number of H-pyrrole nitrogens is 1. The van der Waals surface area contributed by atoms with Crippen molar-refractivity contribution in [3.8, 4) is 5.75 Å². The van der Waals surface area contributed by atoms with Crippen molar-refractivity contribution in [3.05, 3.63) is 139 Å². The van der Waals surface area contributed by atoms with E-state index in [9.17, 15) is 38.0 Å². The topological polar surface area (TPSA) is 236 Å². The summed E-state index contributed by atoms with van der Waals surface area (Å²) < 4.78 is 25.4. The highest BCUT2D eigenvalue weighted by Crippen LogP contribution is 2.23. The van der Waals surface area contributed by atoms with E-state index in [0.717, 1.165) is 5.56 Å². The molecule has 59 heavy (non-hydrogen) atoms. The summed E-state index contributed by atoms with van der Waals surface area (Å²) >= 11 is 0. The highest BCUT2D eigenvalue weighted by atomic mass is 19.1. The van der Waals surface area contributed by atoms with Gasteiger partial charge in [0.15, 0.2) is 0 Å². The number of ether oxygens (including phenoxy) is 1. The lowest BCUT2D eigenvalue weighted by atomic mass is 10.0. The normalized spacial score (nSPS) is 11.9. The first kappa shape index (κ1) is 42.8. The zero-order chi connectivity index (χ0) is 42.8. The van der Waals surface area contributed by atoms with Crippen molar-refractivity contribution in [2.24, 2.45) is 5.92 Å². The van der Waals surface area contributed by atoms with Crippen molar-refractivity contribution in [1.82, 2.24) is 30.7 Å². The molecule has 0 radical (unpaired) electrons. The Balaban J connectivity index is 1.10. The van der Waals surface area contributed by atoms with Gasteiger partial charge in [0.05, 0.1) is 29.9 Å². The third-order valence-corrected chi connectivity index (χ3v) is 9.07. The quantitative estimate of drug-likeness (QED) is 0.0852. The second-order valence-corrected chi connectivity index (χ2v) is 13.8. The zero-order valence-corrected chi connectivity index (χ0v) is 32.8. The van der Waals surface area contributed by atoms with Gasteiger partial charge in [0.25, 0.3) is 17.4 Å². The van der Waals surface area contributed by atoms with Crippen molar-refractivity contribution in [2.75, 3.05) is 17.2 Å². The molecule has 18 heteroatoms. The Morgan fingerprint density at radius 1 is 0.864 bits per heavy atom. The number of carbonyl (C=O) groups is 5. The molecule has 0 saturated carbocycles. The van der Waals surface area contributed by atoms with Crippen LogP contribution in [-0.4, -0.2) is 62.9 Å². The van der Waals surface area contributed by atoms with Crippen LogP contribution in [0.15, 0.2) is 93.1 Å². The average molecular weight is 811 g/mol. The van der Waals surface area contributed by atoms with Crippen LogP contribution in [0.25, 0.3) is 0 Å². The Hall–Kier alpha value is -7.37. The monoisotopic (exact) mass is 810 g/mol. The molecule has 308 valence electrons. The lowest BCUT2D eigenvalue weighted by molar-refractivity contribution is -0.131. The molecule has 2 heterocycles. The Bertz CT molecular complexity index is 2460. The number of rotatable bonds is 16. The Morgan fingerprint density at radius 3 is 2.29 bits per heavy atom. The molecule has 0 aliphatic carbocycles. The van der Waals surface area contributed by atoms with Gasteiger partial charge in [0.1, 0.15) is 30.2 Å². The minimum Gasteiger partial charge on any atom is -0.488 e. The van der Waals surface area contributed by atoms with Crippen molar-refractivity contribution >= 4 is 40.9 Å². The van der Waals surface area contributed by atoms with E-state index in [2.05, 4.69) is 36.7 Å². The van der Waals surface area contributed by atoms with Crippen molar-refractivity contribution in [3.63, 3.8) is 0 Å². The minimum absolute atomic E-state index is 0.145. The van der Waals surface area contributed by atoms with Crippen LogP contribution >= 0.6 is 0 Å². The minimum atomic E-state index is -1.10. The Kier molecular flexibility index (Phi) is 13.9. The summed E-state index contributed by atoms with van der Waals surface area (Å²) in [4.78, 5) is 91.4. The SMILES string of the molecule is Cc1noc(C)c1COc1ccccc1C(=O)Nc1cccc(C(=O)NCC(=O)N[C@H](C(=O)N[C@@H](C)C(=O)Nc2ccc(Cn3c(=O)[nH]cc(F)c3=O)cc2)C(C)C)c1. The maximum Gasteiger partial charge on any atom is 0.328 e. The maximum absolute atomic E-state index is 13.6. The molecular weight excluding hydrogens is 767 g/mol. The van der Waals surface area contributed by atoms with Gasteiger partial charge < -0.3 is 40.8 Å². The van der Waals surface area contributed by atoms with E-state index < -0.39 is 71.1 Å². The molecule has 0 spiro atoms. The van der Waals surface area contributed by atoms with Gasteiger partial charge >= 0.3 is 5.69 Å². The first-order valence-electron chi connectivity index (χ1n) is 18.4. The van der Waals surface area contributed by atoms with Gasteiger partial charge in [-0.05, 0) is 74.7 Å². The van der Waals surface area contributed by atoms with Crippen molar-refractivity contribution in [1.29, 1.82) is 0 Å². The molecule has 0 saturated heterocycles. The summed E-state index contributed by atoms with van der Waals surface area (Å²) in [6.45, 7) is 7.88. The molecule has 2 aromatic heterocycles. The van der Waals surface area contributed by atoms with Crippen molar-refractivity contribution in [2.45, 2.75) is 59.9 Å². The molecule has 0 bridgehead atoms. The van der Waals surface area contributed by atoms with Gasteiger partial charge in [-0.2, -0.15) is 4.39 Å². The molecule has 5 aromatic rings. The van der Waals surface area contributed by atoms with Crippen LogP contribution in [0.1, 0.15) is 64.1 Å². The van der Waals surface area contributed by atoms with Gasteiger partial charge in [-0.1, -0.05) is 49.3 Å². The van der Waals surface area contributed by atoms with Gasteiger partial charge in [0.2, 0.25) is 23.5 Å². The molecule has 5 rings (SSSR count). The van der Waals surface area contributed by atoms with E-state index >= 15 is 0 Å². The largest absolute Gasteiger partial charge is 0.488 e. The smallest absolute Gasteiger partial charge is 0.328 e. The molecule has 6 N–H and O–H groups in total. The van der Waals surface area contributed by atoms with Crippen LogP contribution in [0.5, 0.6) is 5.75 Å². The molecule has 0 fully saturated rings. The van der Waals surface area contributed by atoms with Crippen LogP contribution in [0.4, 0.5) is 15.8 Å². The maximum atomic E-state index is 13.6. The number of hydrogen-bond acceptors (Lipinski definition) is 10. The molecule has 5 amide bonds. The number of aromatic nitrogens is 3. The first-order chi connectivity index (χ1) is 28.1. The number of halogens is 1. The number of anilines is 2. The molecule has 0 unspecified atom stereocenters. The summed E-state index contributed by atoms with van der Waals surface area (Å²) in [7, 11) is 0. The highest BCUT2D eigenvalue weighted by Gasteiger charge is 2.27. The van der Waals surface area contributed by atoms with Gasteiger partial charge in [0, 0.05) is 23.1 Å². The molecule has 3 aromatic carbocycles. The van der Waals surface area contributed by atoms with Gasteiger partial charge in [-0.25, -0.2) is 4.79 Å². The first-order valence-corrected chi connectivity index (χ1v) is 18.4. The number of nitrogens with one attached hydrogen (secondary N) is 6. The second kappa shape index (κ2) is 19.2. The van der Waals surface area contributed by atoms with Crippen LogP contribution in [0.2, 0.25) is 0 Å². The lowest BCUT2D eigenvalue weighted by Crippen LogP contribution is -2.55. The van der Waals surface area contributed by atoms with E-state index in [4.69, 9.17) is 9.26 Å². The van der Waals surface area contributed by atoms with Crippen molar-refractivity contribution < 1.29 is 37.6 Å². The molecule has 0 aliphatic heterocycles. The number of carbonyl (C=O) groups excluding carboxylic acids is 5. The third kappa shape index (κ3) is 11.1. The van der Waals surface area contributed by atoms with E-state index in [-0.39, 0.29) is 24.3 Å². The van der Waals surface area contributed by atoms with Crippen LogP contribution in [0, 0.1) is 25.6 Å². The summed E-state index contributed by atoms with van der Waals surface area (Å²) in [5.74, 6) is -3.52. The molecule has 17 nitrogen and oxygen atoms in total. The fraction of sp³-hybridized carbons (Fsp3) is 0.268. The van der Waals surface area contributed by atoms with Crippen LogP contribution in [-0.2, 0) is 27.5 Å². The molecule has 2 atom stereocenters. The van der Waals surface area contributed by atoms with Gasteiger partial charge in [-0.15, -0.1) is 0 Å². The van der Waals surface area contributed by atoms with E-state index in [1.54, 1.807) is 64.1 Å². The number of hydrogen-bond donors (Lipinski definition) is 6. The summed E-state index contributed by atoms with van der Waals surface area (Å²) in [5.41, 5.74) is 1.17. The number of aryl methyl sites for hydroxylation is 2. The van der Waals surface area contributed by atoms with E-state index in [0.29, 0.717) is 44.9 Å². The fourth-order valence-corrected chi connectivity index (χ4v) is 5.72. The summed E-state index contributed by atoms with van der Waals surface area (Å²) in [5, 5.41) is 17.0. The number of nitrogens with zero attached hydrogens (tertiary/aromatic N) is 2. The highest BCUT2D eigenvalue weighted by molar-refractivity contribution is 6.07. The molecular formula is C41H43FN8O9. The number of amides is 5. The lowest BCUT2D eigenvalue weighted by Gasteiger charge is -2.24. The Morgan fingerprint density at radius 2 is 1.59 bits per heavy atom. The molecule has 0 aliphatic rings. The summed E-state index contributed by atoms with van der Waals surface area (Å²) in [6, 6.07) is 16.8. The van der Waals surface area contributed by atoms with Crippen LogP contribution < -0.4 is 42.6 Å². The second-order valence-electron chi connectivity index (χ2n) is 13.8. The van der Waals surface area contributed by atoms with E-state index in [1.165, 1.54) is 43.3 Å². The number of benzene rings is 3. The number of aromatic amines is 1. The van der Waals surface area contributed by atoms with Crippen LogP contribution in [0.3, 0.4) is 0 Å².